The van der Waals surface area contributed by atoms with Crippen LogP contribution in [0.15, 0.2) is 12.1 Å². The molecular formula is C15H23NO2. The number of anilines is 1. The molecule has 0 radical (unpaired) electrons. The van der Waals surface area contributed by atoms with Crippen molar-refractivity contribution < 1.29 is 9.90 Å². The maximum atomic E-state index is 11.2. The van der Waals surface area contributed by atoms with Gasteiger partial charge in [-0.05, 0) is 56.9 Å². The Morgan fingerprint density at radius 3 is 2.28 bits per heavy atom. The number of nitrogens with zero attached hydrogens (tertiary/aromatic N) is 1. The van der Waals surface area contributed by atoms with Gasteiger partial charge in [0, 0.05) is 19.8 Å². The molecule has 0 aliphatic rings. The summed E-state index contributed by atoms with van der Waals surface area (Å²) in [6, 6.07) is 4.18. The van der Waals surface area contributed by atoms with Crippen LogP contribution in [0.1, 0.15) is 30.5 Å². The lowest BCUT2D eigenvalue weighted by atomic mass is 9.85. The highest BCUT2D eigenvalue weighted by atomic mass is 16.4. The first kappa shape index (κ1) is 14.6. The molecule has 3 heteroatoms. The molecule has 0 unspecified atom stereocenters. The zero-order valence-electron chi connectivity index (χ0n) is 12.2. The van der Waals surface area contributed by atoms with Gasteiger partial charge in [-0.2, -0.15) is 0 Å². The third-order valence-electron chi connectivity index (χ3n) is 3.41. The zero-order valence-corrected chi connectivity index (χ0v) is 12.2. The fourth-order valence-electron chi connectivity index (χ4n) is 2.07. The van der Waals surface area contributed by atoms with Crippen molar-refractivity contribution in [3.05, 3.63) is 28.8 Å². The van der Waals surface area contributed by atoms with E-state index in [2.05, 4.69) is 30.9 Å². The maximum Gasteiger partial charge on any atom is 0.309 e. The van der Waals surface area contributed by atoms with E-state index in [0.29, 0.717) is 6.42 Å². The largest absolute Gasteiger partial charge is 0.481 e. The van der Waals surface area contributed by atoms with Crippen molar-refractivity contribution in [3.63, 3.8) is 0 Å². The van der Waals surface area contributed by atoms with E-state index in [-0.39, 0.29) is 0 Å². The number of hydrogen-bond donors (Lipinski definition) is 1. The Morgan fingerprint density at radius 2 is 1.83 bits per heavy atom. The maximum absolute atomic E-state index is 11.2. The minimum absolute atomic E-state index is 0.546. The molecule has 3 nitrogen and oxygen atoms in total. The first-order valence-corrected chi connectivity index (χ1v) is 6.16. The number of aliphatic carboxylic acids is 1. The molecule has 0 aliphatic carbocycles. The van der Waals surface area contributed by atoms with Gasteiger partial charge in [-0.3, -0.25) is 4.79 Å². The highest BCUT2D eigenvalue weighted by molar-refractivity contribution is 5.74. The summed E-state index contributed by atoms with van der Waals surface area (Å²) in [4.78, 5) is 13.3. The Bertz CT molecular complexity index is 462. The second kappa shape index (κ2) is 5.01. The summed E-state index contributed by atoms with van der Waals surface area (Å²) >= 11 is 0. The number of carboxylic acid groups (broad SMARTS) is 1. The number of hydrogen-bond acceptors (Lipinski definition) is 2. The molecule has 0 spiro atoms. The minimum atomic E-state index is -0.757. The second-order valence-corrected chi connectivity index (χ2v) is 5.82. The van der Waals surface area contributed by atoms with E-state index in [1.54, 1.807) is 13.8 Å². The summed E-state index contributed by atoms with van der Waals surface area (Å²) in [5, 5.41) is 9.19. The summed E-state index contributed by atoms with van der Waals surface area (Å²) in [6.45, 7) is 7.69. The van der Waals surface area contributed by atoms with Gasteiger partial charge in [0.2, 0.25) is 0 Å². The van der Waals surface area contributed by atoms with Crippen LogP contribution < -0.4 is 4.90 Å². The van der Waals surface area contributed by atoms with Gasteiger partial charge < -0.3 is 10.0 Å². The summed E-state index contributed by atoms with van der Waals surface area (Å²) in [7, 11) is 4.02. The van der Waals surface area contributed by atoms with Crippen LogP contribution in [0, 0.1) is 19.3 Å². The van der Waals surface area contributed by atoms with Gasteiger partial charge in [-0.25, -0.2) is 0 Å². The molecule has 0 saturated carbocycles. The van der Waals surface area contributed by atoms with Gasteiger partial charge in [-0.15, -0.1) is 0 Å². The summed E-state index contributed by atoms with van der Waals surface area (Å²) in [5.74, 6) is -0.757. The van der Waals surface area contributed by atoms with Crippen LogP contribution in [-0.2, 0) is 11.2 Å². The molecule has 0 bridgehead atoms. The van der Waals surface area contributed by atoms with Crippen LogP contribution in [0.3, 0.4) is 0 Å². The van der Waals surface area contributed by atoms with Gasteiger partial charge in [0.25, 0.3) is 0 Å². The number of aryl methyl sites for hydroxylation is 1. The first-order chi connectivity index (χ1) is 8.15. The normalized spacial score (nSPS) is 11.4. The van der Waals surface area contributed by atoms with Crippen molar-refractivity contribution in [3.8, 4) is 0 Å². The van der Waals surface area contributed by atoms with Crippen LogP contribution in [0.25, 0.3) is 0 Å². The Labute approximate surface area is 109 Å². The number of carbonyl (C=O) groups is 1. The van der Waals surface area contributed by atoms with Crippen molar-refractivity contribution in [1.82, 2.24) is 0 Å². The van der Waals surface area contributed by atoms with E-state index in [1.807, 2.05) is 14.1 Å². The van der Waals surface area contributed by atoms with E-state index in [1.165, 1.54) is 11.1 Å². The van der Waals surface area contributed by atoms with E-state index >= 15 is 0 Å². The topological polar surface area (TPSA) is 40.5 Å². The fourth-order valence-corrected chi connectivity index (χ4v) is 2.07. The average Bonchev–Trinajstić information content (AvgIpc) is 2.21. The smallest absolute Gasteiger partial charge is 0.309 e. The Kier molecular flexibility index (Phi) is 4.05. The van der Waals surface area contributed by atoms with Gasteiger partial charge >= 0.3 is 5.97 Å². The van der Waals surface area contributed by atoms with E-state index in [0.717, 1.165) is 11.3 Å². The Hall–Kier alpha value is -1.51. The lowest BCUT2D eigenvalue weighted by Gasteiger charge is -2.23. The molecular weight excluding hydrogens is 226 g/mol. The van der Waals surface area contributed by atoms with Gasteiger partial charge in [-0.1, -0.05) is 6.07 Å². The number of rotatable bonds is 4. The van der Waals surface area contributed by atoms with E-state index in [4.69, 9.17) is 0 Å². The van der Waals surface area contributed by atoms with Crippen molar-refractivity contribution in [2.45, 2.75) is 34.1 Å². The van der Waals surface area contributed by atoms with Crippen LogP contribution in [0.4, 0.5) is 5.69 Å². The van der Waals surface area contributed by atoms with Crippen molar-refractivity contribution >= 4 is 11.7 Å². The standard InChI is InChI=1S/C15H23NO2/c1-10-7-12(9-15(3,4)14(17)18)8-13(11(10)2)16(5)6/h7-8H,9H2,1-6H3,(H,17,18). The fraction of sp³-hybridized carbons (Fsp3) is 0.533. The molecule has 18 heavy (non-hydrogen) atoms. The van der Waals surface area contributed by atoms with Gasteiger partial charge in [0.1, 0.15) is 0 Å². The molecule has 0 fully saturated rings. The highest BCUT2D eigenvalue weighted by Gasteiger charge is 2.27. The van der Waals surface area contributed by atoms with Crippen LogP contribution in [0.5, 0.6) is 0 Å². The highest BCUT2D eigenvalue weighted by Crippen LogP contribution is 2.28. The molecule has 1 aromatic carbocycles. The predicted octanol–water partition coefficient (Wildman–Crippen LogP) is 3.02. The quantitative estimate of drug-likeness (QED) is 0.891. The molecule has 1 rings (SSSR count). The summed E-state index contributed by atoms with van der Waals surface area (Å²) in [5.41, 5.74) is 3.96. The average molecular weight is 249 g/mol. The molecule has 0 atom stereocenters. The van der Waals surface area contributed by atoms with Crippen LogP contribution in [-0.4, -0.2) is 25.2 Å². The molecule has 0 amide bonds. The Morgan fingerprint density at radius 1 is 1.28 bits per heavy atom. The molecule has 0 aliphatic heterocycles. The number of benzene rings is 1. The molecule has 1 N–H and O–H groups in total. The Balaban J connectivity index is 3.16. The van der Waals surface area contributed by atoms with Gasteiger partial charge in [0.15, 0.2) is 0 Å². The SMILES string of the molecule is Cc1cc(CC(C)(C)C(=O)O)cc(N(C)C)c1C. The van der Waals surface area contributed by atoms with Gasteiger partial charge in [0.05, 0.1) is 5.41 Å². The first-order valence-electron chi connectivity index (χ1n) is 6.16. The lowest BCUT2D eigenvalue weighted by Crippen LogP contribution is -2.26. The van der Waals surface area contributed by atoms with Crippen molar-refractivity contribution in [2.24, 2.45) is 5.41 Å². The van der Waals surface area contributed by atoms with E-state index in [9.17, 15) is 9.90 Å². The summed E-state index contributed by atoms with van der Waals surface area (Å²) in [6.07, 6.45) is 0.546. The monoisotopic (exact) mass is 249 g/mol. The molecule has 100 valence electrons. The molecule has 1 aromatic rings. The van der Waals surface area contributed by atoms with Crippen LogP contribution in [0.2, 0.25) is 0 Å². The zero-order chi connectivity index (χ0) is 14.1. The second-order valence-electron chi connectivity index (χ2n) is 5.82. The van der Waals surface area contributed by atoms with E-state index < -0.39 is 11.4 Å². The molecule has 0 heterocycles. The number of carboxylic acids is 1. The lowest BCUT2D eigenvalue weighted by molar-refractivity contribution is -0.146. The van der Waals surface area contributed by atoms with Crippen molar-refractivity contribution in [2.75, 3.05) is 19.0 Å². The third kappa shape index (κ3) is 3.03. The van der Waals surface area contributed by atoms with Crippen LogP contribution >= 0.6 is 0 Å². The van der Waals surface area contributed by atoms with Crippen molar-refractivity contribution in [1.29, 1.82) is 0 Å². The minimum Gasteiger partial charge on any atom is -0.481 e. The predicted molar refractivity (Wildman–Crippen MR) is 75.4 cm³/mol. The summed E-state index contributed by atoms with van der Waals surface area (Å²) < 4.78 is 0. The third-order valence-corrected chi connectivity index (χ3v) is 3.41. The molecule has 0 saturated heterocycles. The molecule has 0 aromatic heterocycles.